The van der Waals surface area contributed by atoms with E-state index in [1.165, 1.54) is 0 Å². The van der Waals surface area contributed by atoms with Crippen molar-refractivity contribution < 1.29 is 17.2 Å². The van der Waals surface area contributed by atoms with Gasteiger partial charge in [0.2, 0.25) is 5.91 Å². The summed E-state index contributed by atoms with van der Waals surface area (Å²) >= 11 is 0. The molecule has 1 aromatic rings. The number of hydrogen-bond donors (Lipinski definition) is 2. The molecule has 0 aliphatic carbocycles. The second-order valence-electron chi connectivity index (χ2n) is 5.22. The molecule has 0 aliphatic rings. The summed E-state index contributed by atoms with van der Waals surface area (Å²) in [5.41, 5.74) is 0.907. The van der Waals surface area contributed by atoms with Crippen molar-refractivity contribution in [3.8, 4) is 0 Å². The third kappa shape index (κ3) is 6.29. The van der Waals surface area contributed by atoms with E-state index in [0.717, 1.165) is 12.0 Å². The Morgan fingerprint density at radius 1 is 1.24 bits per heavy atom. The van der Waals surface area contributed by atoms with Gasteiger partial charge in [0.15, 0.2) is 0 Å². The van der Waals surface area contributed by atoms with Crippen molar-refractivity contribution in [1.82, 2.24) is 10.6 Å². The predicted molar refractivity (Wildman–Crippen MR) is 85.9 cm³/mol. The lowest BCUT2D eigenvalue weighted by molar-refractivity contribution is -0.124. The topological polar surface area (TPSA) is 67.4 Å². The first-order valence-electron chi connectivity index (χ1n) is 7.29. The molecule has 2 amide bonds. The second kappa shape index (κ2) is 9.00. The highest BCUT2D eigenvalue weighted by Gasteiger charge is 2.24. The lowest BCUT2D eigenvalue weighted by Crippen LogP contribution is -2.49. The molecule has 1 rings (SSSR count). The summed E-state index contributed by atoms with van der Waals surface area (Å²) in [6.07, 6.45) is 0.277. The third-order valence-corrected chi connectivity index (χ3v) is 2.98. The van der Waals surface area contributed by atoms with Crippen molar-refractivity contribution in [3.05, 3.63) is 35.9 Å². The maximum Gasteiger partial charge on any atom is 0.408 e. The van der Waals surface area contributed by atoms with E-state index in [0.29, 0.717) is 6.54 Å². The summed E-state index contributed by atoms with van der Waals surface area (Å²) in [4.78, 5) is 23.8. The number of alkyl carbamates (subject to hydrolysis) is 1. The third-order valence-electron chi connectivity index (χ3n) is 2.98. The Hall–Kier alpha value is -2.04. The van der Waals surface area contributed by atoms with E-state index in [4.69, 9.17) is 4.74 Å². The molecule has 5 nitrogen and oxygen atoms in total. The molecule has 0 aliphatic heterocycles. The van der Waals surface area contributed by atoms with Gasteiger partial charge >= 0.3 is 6.09 Å². The predicted octanol–water partition coefficient (Wildman–Crippen LogP) is 2.96. The molecule has 21 heavy (non-hydrogen) atoms. The van der Waals surface area contributed by atoms with Crippen molar-refractivity contribution in [2.24, 2.45) is 5.92 Å². The van der Waals surface area contributed by atoms with Crippen LogP contribution >= 0.6 is 0 Å². The van der Waals surface area contributed by atoms with Crippen LogP contribution in [0.4, 0.5) is 4.79 Å². The Kier molecular flexibility index (Phi) is 7.29. The van der Waals surface area contributed by atoms with Gasteiger partial charge in [0.05, 0.1) is 0 Å². The molecule has 5 heteroatoms. The van der Waals surface area contributed by atoms with Crippen molar-refractivity contribution >= 4 is 12.0 Å². The first kappa shape index (κ1) is 17.0. The normalized spacial score (nSPS) is 11.8. The van der Waals surface area contributed by atoms with Crippen LogP contribution in [0, 0.1) is 5.92 Å². The number of amides is 2. The van der Waals surface area contributed by atoms with Crippen LogP contribution < -0.4 is 10.6 Å². The number of ether oxygens (including phenoxy) is 1. The zero-order valence-electron chi connectivity index (χ0n) is 12.9. The highest BCUT2D eigenvalue weighted by molar-refractivity contribution is 5.85. The van der Waals surface area contributed by atoms with E-state index in [1.807, 2.05) is 51.1 Å². The molecule has 1 aromatic carbocycles. The van der Waals surface area contributed by atoms with Crippen molar-refractivity contribution in [3.63, 3.8) is 0 Å². The van der Waals surface area contributed by atoms with Crippen molar-refractivity contribution in [1.29, 1.82) is 0 Å². The molecule has 0 fully saturated rings. The van der Waals surface area contributed by atoms with Crippen LogP contribution in [0.25, 0.3) is 0 Å². The van der Waals surface area contributed by atoms with E-state index in [2.05, 4.69) is 10.6 Å². The van der Waals surface area contributed by atoms with Gasteiger partial charge in [0.25, 0.3) is 0 Å². The zero-order valence-corrected chi connectivity index (χ0v) is 12.9. The van der Waals surface area contributed by atoms with Crippen molar-refractivity contribution in [2.75, 3.05) is 6.54 Å². The molecule has 0 radical (unpaired) electrons. The molecule has 0 spiro atoms. The molecule has 0 bridgehead atoms. The Bertz CT molecular complexity index is 456. The lowest BCUT2D eigenvalue weighted by atomic mass is 10.0. The molecule has 0 heterocycles. The van der Waals surface area contributed by atoms with E-state index < -0.39 is 12.1 Å². The SMILES string of the molecule is CCCNC(=O)C(NC(=O)OCc1ccccc1)C(C)C.[HH].[HH]. The summed E-state index contributed by atoms with van der Waals surface area (Å²) < 4.78 is 5.13. The highest BCUT2D eigenvalue weighted by Crippen LogP contribution is 2.04. The van der Waals surface area contributed by atoms with Gasteiger partial charge in [-0.3, -0.25) is 4.79 Å². The average Bonchev–Trinajstić information content (AvgIpc) is 2.49. The first-order valence-corrected chi connectivity index (χ1v) is 7.29. The average molecular weight is 296 g/mol. The molecule has 120 valence electrons. The number of carbonyl (C=O) groups is 2. The lowest BCUT2D eigenvalue weighted by Gasteiger charge is -2.21. The van der Waals surface area contributed by atoms with Gasteiger partial charge in [-0.1, -0.05) is 51.1 Å². The van der Waals surface area contributed by atoms with Crippen LogP contribution in [0.3, 0.4) is 0 Å². The Morgan fingerprint density at radius 2 is 1.90 bits per heavy atom. The summed E-state index contributed by atoms with van der Waals surface area (Å²) in [7, 11) is 0. The van der Waals surface area contributed by atoms with Crippen LogP contribution in [0.15, 0.2) is 30.3 Å². The molecular weight excluding hydrogens is 268 g/mol. The van der Waals surface area contributed by atoms with E-state index in [1.54, 1.807) is 0 Å². The Labute approximate surface area is 129 Å². The minimum Gasteiger partial charge on any atom is -0.445 e. The molecular formula is C16H28N2O3. The van der Waals surface area contributed by atoms with Gasteiger partial charge in [0.1, 0.15) is 12.6 Å². The fourth-order valence-electron chi connectivity index (χ4n) is 1.78. The van der Waals surface area contributed by atoms with Crippen LogP contribution in [-0.4, -0.2) is 24.6 Å². The Balaban J connectivity index is 0. The second-order valence-corrected chi connectivity index (χ2v) is 5.22. The van der Waals surface area contributed by atoms with Gasteiger partial charge in [-0.2, -0.15) is 0 Å². The molecule has 0 saturated carbocycles. The molecule has 1 atom stereocenters. The number of nitrogens with one attached hydrogen (secondary N) is 2. The highest BCUT2D eigenvalue weighted by atomic mass is 16.5. The standard InChI is InChI=1S/C16H24N2O3.2H2/c1-4-10-17-15(19)14(12(2)3)18-16(20)21-11-13-8-6-5-7-9-13;;/h5-9,12,14H,4,10-11H2,1-3H3,(H,17,19)(H,18,20);2*1H. The molecule has 0 aromatic heterocycles. The fourth-order valence-corrected chi connectivity index (χ4v) is 1.78. The minimum absolute atomic E-state index is 0. The van der Waals surface area contributed by atoms with Crippen molar-refractivity contribution in [2.45, 2.75) is 39.8 Å². The number of carbonyl (C=O) groups excluding carboxylic acids is 2. The molecule has 0 saturated heterocycles. The quantitative estimate of drug-likeness (QED) is 0.813. The van der Waals surface area contributed by atoms with Gasteiger partial charge in [-0.05, 0) is 17.9 Å². The summed E-state index contributed by atoms with van der Waals surface area (Å²) in [6.45, 7) is 6.53. The van der Waals surface area contributed by atoms with E-state index in [9.17, 15) is 9.59 Å². The smallest absolute Gasteiger partial charge is 0.408 e. The monoisotopic (exact) mass is 296 g/mol. The Morgan fingerprint density at radius 3 is 2.48 bits per heavy atom. The largest absolute Gasteiger partial charge is 0.445 e. The summed E-state index contributed by atoms with van der Waals surface area (Å²) in [6, 6.07) is 8.83. The van der Waals surface area contributed by atoms with Gasteiger partial charge < -0.3 is 15.4 Å². The zero-order chi connectivity index (χ0) is 15.7. The number of rotatable bonds is 7. The van der Waals surface area contributed by atoms with Crippen LogP contribution in [-0.2, 0) is 16.1 Å². The molecule has 2 N–H and O–H groups in total. The van der Waals surface area contributed by atoms with E-state index in [-0.39, 0.29) is 21.3 Å². The fraction of sp³-hybridized carbons (Fsp3) is 0.500. The maximum absolute atomic E-state index is 12.0. The minimum atomic E-state index is -0.583. The molecule has 1 unspecified atom stereocenters. The summed E-state index contributed by atoms with van der Waals surface area (Å²) in [5.74, 6) is -0.186. The van der Waals surface area contributed by atoms with Crippen LogP contribution in [0.1, 0.15) is 35.6 Å². The maximum atomic E-state index is 12.0. The van der Waals surface area contributed by atoms with Gasteiger partial charge in [-0.25, -0.2) is 4.79 Å². The van der Waals surface area contributed by atoms with Crippen LogP contribution in [0.5, 0.6) is 0 Å². The first-order chi connectivity index (χ1) is 10.0. The summed E-state index contributed by atoms with van der Waals surface area (Å²) in [5, 5.41) is 5.41. The van der Waals surface area contributed by atoms with Gasteiger partial charge in [0, 0.05) is 9.40 Å². The number of benzene rings is 1. The number of hydrogen-bond acceptors (Lipinski definition) is 3. The van der Waals surface area contributed by atoms with E-state index >= 15 is 0 Å². The van der Waals surface area contributed by atoms with Gasteiger partial charge in [-0.15, -0.1) is 0 Å². The van der Waals surface area contributed by atoms with Crippen LogP contribution in [0.2, 0.25) is 0 Å².